The van der Waals surface area contributed by atoms with Crippen LogP contribution in [-0.4, -0.2) is 12.5 Å². The number of carbonyl (C=O) groups is 1. The summed E-state index contributed by atoms with van der Waals surface area (Å²) in [5, 5.41) is 7.47. The number of benzene rings is 2. The summed E-state index contributed by atoms with van der Waals surface area (Å²) in [6, 6.07) is 10.3. The van der Waals surface area contributed by atoms with Crippen LogP contribution in [0.25, 0.3) is 0 Å². The van der Waals surface area contributed by atoms with Crippen LogP contribution in [0.4, 0.5) is 4.39 Å². The average Bonchev–Trinajstić information content (AvgIpc) is 2.49. The second-order valence-electron chi connectivity index (χ2n) is 5.15. The molecule has 0 saturated carbocycles. The fourth-order valence-corrected chi connectivity index (χ4v) is 2.41. The van der Waals surface area contributed by atoms with Gasteiger partial charge in [-0.05, 0) is 66.6 Å². The molecule has 0 unspecified atom stereocenters. The third-order valence-corrected chi connectivity index (χ3v) is 3.64. The summed E-state index contributed by atoms with van der Waals surface area (Å²) in [6.07, 6.45) is 4.74. The van der Waals surface area contributed by atoms with Crippen molar-refractivity contribution in [1.29, 1.82) is 5.41 Å². The zero-order chi connectivity index (χ0) is 15.2. The molecule has 2 nitrogen and oxygen atoms in total. The van der Waals surface area contributed by atoms with Gasteiger partial charge in [0, 0.05) is 11.8 Å². The molecule has 0 aliphatic heterocycles. The van der Waals surface area contributed by atoms with E-state index in [1.54, 1.807) is 18.2 Å². The largest absolute Gasteiger partial charge is 0.308 e. The Morgan fingerprint density at radius 2 is 1.81 bits per heavy atom. The summed E-state index contributed by atoms with van der Waals surface area (Å²) in [4.78, 5) is 10.9. The van der Waals surface area contributed by atoms with Crippen LogP contribution >= 0.6 is 0 Å². The Bertz CT molecular complexity index is 647. The van der Waals surface area contributed by atoms with Crippen LogP contribution in [0.2, 0.25) is 0 Å². The number of hydrogen-bond donors (Lipinski definition) is 1. The van der Waals surface area contributed by atoms with Gasteiger partial charge in [0.2, 0.25) is 0 Å². The van der Waals surface area contributed by atoms with Gasteiger partial charge in [-0.25, -0.2) is 4.39 Å². The molecule has 0 heterocycles. The number of aldehydes is 1. The molecule has 21 heavy (non-hydrogen) atoms. The van der Waals surface area contributed by atoms with E-state index in [9.17, 15) is 9.18 Å². The molecule has 0 atom stereocenters. The summed E-state index contributed by atoms with van der Waals surface area (Å²) in [7, 11) is 0. The molecule has 1 N–H and O–H groups in total. The van der Waals surface area contributed by atoms with Gasteiger partial charge in [0.1, 0.15) is 12.1 Å². The smallest absolute Gasteiger partial charge is 0.150 e. The van der Waals surface area contributed by atoms with Gasteiger partial charge in [-0.3, -0.25) is 4.79 Å². The normalized spacial score (nSPS) is 10.4. The molecule has 0 saturated heterocycles. The van der Waals surface area contributed by atoms with E-state index in [1.165, 1.54) is 18.3 Å². The van der Waals surface area contributed by atoms with Crippen molar-refractivity contribution >= 4 is 12.5 Å². The Hall–Kier alpha value is -2.29. The maximum atomic E-state index is 12.8. The van der Waals surface area contributed by atoms with Crippen LogP contribution in [0.15, 0.2) is 36.4 Å². The molecule has 0 bridgehead atoms. The van der Waals surface area contributed by atoms with Crippen molar-refractivity contribution in [3.8, 4) is 0 Å². The second kappa shape index (κ2) is 6.93. The Morgan fingerprint density at radius 1 is 1.10 bits per heavy atom. The highest BCUT2D eigenvalue weighted by Crippen LogP contribution is 2.17. The van der Waals surface area contributed by atoms with E-state index in [1.807, 2.05) is 13.0 Å². The number of nitrogens with one attached hydrogen (secondary N) is 1. The Labute approximate surface area is 124 Å². The SMILES string of the molecule is Cc1cc(CCCc2ccc(F)cc2)c(C=N)cc1C=O. The highest BCUT2D eigenvalue weighted by atomic mass is 19.1. The van der Waals surface area contributed by atoms with Gasteiger partial charge in [-0.1, -0.05) is 18.2 Å². The fourth-order valence-electron chi connectivity index (χ4n) is 2.41. The predicted octanol–water partition coefficient (Wildman–Crippen LogP) is 4.12. The predicted molar refractivity (Wildman–Crippen MR) is 82.9 cm³/mol. The zero-order valence-corrected chi connectivity index (χ0v) is 12.0. The monoisotopic (exact) mass is 283 g/mol. The van der Waals surface area contributed by atoms with Crippen molar-refractivity contribution < 1.29 is 9.18 Å². The van der Waals surface area contributed by atoms with E-state index in [0.29, 0.717) is 5.56 Å². The minimum atomic E-state index is -0.218. The number of rotatable bonds is 6. The molecule has 0 aromatic heterocycles. The molecule has 2 aromatic rings. The standard InChI is InChI=1S/C18H18FNO/c1-13-9-15(16(11-20)10-17(13)12-21)4-2-3-14-5-7-18(19)8-6-14/h5-12,20H,2-4H2,1H3. The molecular formula is C18H18FNO. The van der Waals surface area contributed by atoms with Crippen LogP contribution in [0, 0.1) is 18.2 Å². The average molecular weight is 283 g/mol. The van der Waals surface area contributed by atoms with Gasteiger partial charge < -0.3 is 5.41 Å². The van der Waals surface area contributed by atoms with Crippen LogP contribution in [-0.2, 0) is 12.8 Å². The second-order valence-corrected chi connectivity index (χ2v) is 5.15. The van der Waals surface area contributed by atoms with E-state index < -0.39 is 0 Å². The lowest BCUT2D eigenvalue weighted by Gasteiger charge is -2.09. The summed E-state index contributed by atoms with van der Waals surface area (Å²) >= 11 is 0. The molecule has 3 heteroatoms. The van der Waals surface area contributed by atoms with Crippen molar-refractivity contribution in [2.45, 2.75) is 26.2 Å². The van der Waals surface area contributed by atoms with Gasteiger partial charge in [0.05, 0.1) is 0 Å². The molecule has 0 aliphatic carbocycles. The van der Waals surface area contributed by atoms with Crippen molar-refractivity contribution in [3.63, 3.8) is 0 Å². The van der Waals surface area contributed by atoms with Gasteiger partial charge in [-0.15, -0.1) is 0 Å². The molecule has 108 valence electrons. The first-order valence-corrected chi connectivity index (χ1v) is 6.97. The van der Waals surface area contributed by atoms with Crippen LogP contribution in [0.5, 0.6) is 0 Å². The molecule has 0 amide bonds. The Kier molecular flexibility index (Phi) is 4.99. The lowest BCUT2D eigenvalue weighted by Crippen LogP contribution is -1.99. The van der Waals surface area contributed by atoms with Gasteiger partial charge in [0.15, 0.2) is 0 Å². The first kappa shape index (κ1) is 15.1. The number of aryl methyl sites for hydroxylation is 3. The van der Waals surface area contributed by atoms with E-state index in [0.717, 1.165) is 47.8 Å². The van der Waals surface area contributed by atoms with Gasteiger partial charge in [0.25, 0.3) is 0 Å². The third-order valence-electron chi connectivity index (χ3n) is 3.64. The van der Waals surface area contributed by atoms with E-state index in [2.05, 4.69) is 0 Å². The lowest BCUT2D eigenvalue weighted by molar-refractivity contribution is 0.112. The quantitative estimate of drug-likeness (QED) is 0.628. The maximum Gasteiger partial charge on any atom is 0.150 e. The number of carbonyl (C=O) groups excluding carboxylic acids is 1. The highest BCUT2D eigenvalue weighted by Gasteiger charge is 2.06. The Balaban J connectivity index is 2.05. The summed E-state index contributed by atoms with van der Waals surface area (Å²) in [6.45, 7) is 1.90. The number of hydrogen-bond acceptors (Lipinski definition) is 2. The lowest BCUT2D eigenvalue weighted by atomic mass is 9.95. The van der Waals surface area contributed by atoms with Crippen molar-refractivity contribution in [3.05, 3.63) is 70.0 Å². The van der Waals surface area contributed by atoms with Crippen LogP contribution in [0.3, 0.4) is 0 Å². The fraction of sp³-hybridized carbons (Fsp3) is 0.222. The molecule has 2 aromatic carbocycles. The minimum Gasteiger partial charge on any atom is -0.308 e. The number of halogens is 1. The van der Waals surface area contributed by atoms with Crippen molar-refractivity contribution in [2.75, 3.05) is 0 Å². The van der Waals surface area contributed by atoms with Gasteiger partial charge in [-0.2, -0.15) is 0 Å². The van der Waals surface area contributed by atoms with E-state index >= 15 is 0 Å². The molecule has 0 fully saturated rings. The van der Waals surface area contributed by atoms with Gasteiger partial charge >= 0.3 is 0 Å². The molecule has 2 rings (SSSR count). The van der Waals surface area contributed by atoms with E-state index in [-0.39, 0.29) is 5.82 Å². The topological polar surface area (TPSA) is 40.9 Å². The first-order valence-electron chi connectivity index (χ1n) is 6.97. The van der Waals surface area contributed by atoms with Crippen LogP contribution < -0.4 is 0 Å². The van der Waals surface area contributed by atoms with Crippen molar-refractivity contribution in [1.82, 2.24) is 0 Å². The van der Waals surface area contributed by atoms with Crippen molar-refractivity contribution in [2.24, 2.45) is 0 Å². The van der Waals surface area contributed by atoms with E-state index in [4.69, 9.17) is 5.41 Å². The highest BCUT2D eigenvalue weighted by molar-refractivity contribution is 5.85. The molecule has 0 spiro atoms. The molecule has 0 radical (unpaired) electrons. The summed E-state index contributed by atoms with van der Waals surface area (Å²) in [5.74, 6) is -0.218. The first-order chi connectivity index (χ1) is 10.1. The minimum absolute atomic E-state index is 0.218. The molecule has 0 aliphatic rings. The maximum absolute atomic E-state index is 12.8. The molecular weight excluding hydrogens is 265 g/mol. The van der Waals surface area contributed by atoms with Crippen LogP contribution in [0.1, 0.15) is 39.0 Å². The summed E-state index contributed by atoms with van der Waals surface area (Å²) < 4.78 is 12.8. The third kappa shape index (κ3) is 3.85. The Morgan fingerprint density at radius 3 is 2.43 bits per heavy atom. The summed E-state index contributed by atoms with van der Waals surface area (Å²) in [5.41, 5.74) is 4.55. The zero-order valence-electron chi connectivity index (χ0n) is 12.0.